The van der Waals surface area contributed by atoms with Gasteiger partial charge in [-0.2, -0.15) is 0 Å². The summed E-state index contributed by atoms with van der Waals surface area (Å²) in [6.45, 7) is 8.80. The molecule has 0 aromatic heterocycles. The van der Waals surface area contributed by atoms with Crippen LogP contribution in [0, 0.1) is 11.8 Å². The van der Waals surface area contributed by atoms with Crippen LogP contribution in [0.25, 0.3) is 0 Å². The van der Waals surface area contributed by atoms with Crippen molar-refractivity contribution in [3.8, 4) is 23.0 Å². The van der Waals surface area contributed by atoms with E-state index in [1.165, 1.54) is 11.1 Å². The van der Waals surface area contributed by atoms with Crippen molar-refractivity contribution in [1.29, 1.82) is 0 Å². The number of carbonyl (C=O) groups is 2. The quantitative estimate of drug-likeness (QED) is 0.519. The number of carbonyl (C=O) groups excluding carboxylic acids is 2. The molecule has 1 aliphatic carbocycles. The second-order valence-corrected chi connectivity index (χ2v) is 12.1. The molecule has 2 aromatic carbocycles. The number of piperazine rings is 2. The first kappa shape index (κ1) is 27.3. The van der Waals surface area contributed by atoms with Crippen LogP contribution in [-0.2, 0) is 22.7 Å². The minimum absolute atomic E-state index is 0.0491. The fourth-order valence-corrected chi connectivity index (χ4v) is 6.95. The van der Waals surface area contributed by atoms with Crippen LogP contribution in [0.4, 0.5) is 0 Å². The molecule has 0 atom stereocenters. The van der Waals surface area contributed by atoms with Gasteiger partial charge in [0.25, 0.3) is 0 Å². The molecule has 0 N–H and O–H groups in total. The zero-order valence-electron chi connectivity index (χ0n) is 24.2. The molecular formula is C32H40N4O6. The summed E-state index contributed by atoms with van der Waals surface area (Å²) in [7, 11) is 0. The molecule has 3 fully saturated rings. The summed E-state index contributed by atoms with van der Waals surface area (Å²) < 4.78 is 21.9. The van der Waals surface area contributed by atoms with Crippen LogP contribution in [0.1, 0.15) is 36.8 Å². The normalized spacial score (nSPS) is 24.2. The van der Waals surface area contributed by atoms with Gasteiger partial charge >= 0.3 is 0 Å². The van der Waals surface area contributed by atoms with Crippen LogP contribution >= 0.6 is 0 Å². The van der Waals surface area contributed by atoms with Gasteiger partial charge in [0.15, 0.2) is 23.0 Å². The summed E-state index contributed by atoms with van der Waals surface area (Å²) in [4.78, 5) is 35.5. The molecule has 10 heteroatoms. The van der Waals surface area contributed by atoms with Crippen molar-refractivity contribution in [3.63, 3.8) is 0 Å². The van der Waals surface area contributed by atoms with E-state index in [-0.39, 0.29) is 37.2 Å². The predicted molar refractivity (Wildman–Crippen MR) is 154 cm³/mol. The Morgan fingerprint density at radius 2 is 0.929 bits per heavy atom. The van der Waals surface area contributed by atoms with E-state index in [4.69, 9.17) is 18.9 Å². The van der Waals surface area contributed by atoms with Crippen LogP contribution in [0.3, 0.4) is 0 Å². The molecule has 0 spiro atoms. The van der Waals surface area contributed by atoms with Crippen LogP contribution in [0.2, 0.25) is 0 Å². The van der Waals surface area contributed by atoms with Crippen molar-refractivity contribution in [3.05, 3.63) is 47.5 Å². The van der Waals surface area contributed by atoms with Gasteiger partial charge in [0, 0.05) is 77.3 Å². The smallest absolute Gasteiger partial charge is 0.231 e. The molecule has 1 saturated carbocycles. The Kier molecular flexibility index (Phi) is 7.82. The molecule has 4 aliphatic heterocycles. The lowest BCUT2D eigenvalue weighted by Gasteiger charge is -2.39. The van der Waals surface area contributed by atoms with Gasteiger partial charge in [-0.05, 0) is 61.1 Å². The molecule has 2 saturated heterocycles. The summed E-state index contributed by atoms with van der Waals surface area (Å²) in [6.07, 6.45) is 3.26. The van der Waals surface area contributed by atoms with Crippen molar-refractivity contribution >= 4 is 11.8 Å². The third kappa shape index (κ3) is 5.87. The molecule has 42 heavy (non-hydrogen) atoms. The van der Waals surface area contributed by atoms with E-state index in [0.717, 1.165) is 114 Å². The van der Waals surface area contributed by atoms with Gasteiger partial charge in [0.1, 0.15) is 0 Å². The van der Waals surface area contributed by atoms with Gasteiger partial charge in [-0.25, -0.2) is 0 Å². The molecule has 0 unspecified atom stereocenters. The van der Waals surface area contributed by atoms with Crippen LogP contribution in [-0.4, -0.2) is 97.4 Å². The Morgan fingerprint density at radius 1 is 0.548 bits per heavy atom. The van der Waals surface area contributed by atoms with Crippen molar-refractivity contribution in [2.24, 2.45) is 11.8 Å². The highest BCUT2D eigenvalue weighted by atomic mass is 16.7. The van der Waals surface area contributed by atoms with Crippen molar-refractivity contribution in [1.82, 2.24) is 19.6 Å². The van der Waals surface area contributed by atoms with Crippen molar-refractivity contribution in [2.75, 3.05) is 65.9 Å². The summed E-state index contributed by atoms with van der Waals surface area (Å²) in [5.74, 6) is 3.90. The molecule has 224 valence electrons. The number of rotatable bonds is 6. The summed E-state index contributed by atoms with van der Waals surface area (Å²) in [5.41, 5.74) is 2.40. The molecule has 4 heterocycles. The third-order valence-corrected chi connectivity index (χ3v) is 9.48. The number of benzene rings is 2. The summed E-state index contributed by atoms with van der Waals surface area (Å²) in [6, 6.07) is 12.2. The van der Waals surface area contributed by atoms with E-state index in [0.29, 0.717) is 0 Å². The average Bonchev–Trinajstić information content (AvgIpc) is 3.70. The van der Waals surface area contributed by atoms with E-state index in [1.54, 1.807) is 0 Å². The highest BCUT2D eigenvalue weighted by molar-refractivity contribution is 5.81. The van der Waals surface area contributed by atoms with Gasteiger partial charge in [0.2, 0.25) is 25.4 Å². The van der Waals surface area contributed by atoms with Crippen molar-refractivity contribution in [2.45, 2.75) is 38.8 Å². The molecular weight excluding hydrogens is 536 g/mol. The standard InChI is InChI=1S/C32H40N4O6/c37-31(35-13-9-33(10-14-35)19-23-1-7-27-29(17-23)41-21-39-27)25-3-5-26(6-4-25)32(38)36-15-11-34(12-16-36)20-24-2-8-28-30(18-24)42-22-40-28/h1-2,7-8,17-18,25-26H,3-6,9-16,19-22H2. The largest absolute Gasteiger partial charge is 0.454 e. The summed E-state index contributed by atoms with van der Waals surface area (Å²) >= 11 is 0. The van der Waals surface area contributed by atoms with E-state index < -0.39 is 0 Å². The molecule has 0 bridgehead atoms. The topological polar surface area (TPSA) is 84.0 Å². The number of hydrogen-bond acceptors (Lipinski definition) is 8. The maximum atomic E-state index is 13.3. The number of nitrogens with zero attached hydrogens (tertiary/aromatic N) is 4. The van der Waals surface area contributed by atoms with Crippen LogP contribution < -0.4 is 18.9 Å². The van der Waals surface area contributed by atoms with E-state index in [9.17, 15) is 9.59 Å². The minimum atomic E-state index is 0.0491. The maximum Gasteiger partial charge on any atom is 0.231 e. The highest BCUT2D eigenvalue weighted by Crippen LogP contribution is 2.35. The molecule has 2 amide bonds. The number of ether oxygens (including phenoxy) is 4. The van der Waals surface area contributed by atoms with Gasteiger partial charge in [-0.3, -0.25) is 19.4 Å². The Labute approximate surface area is 247 Å². The van der Waals surface area contributed by atoms with E-state index >= 15 is 0 Å². The minimum Gasteiger partial charge on any atom is -0.454 e. The van der Waals surface area contributed by atoms with E-state index in [2.05, 4.69) is 34.1 Å². The lowest BCUT2D eigenvalue weighted by Crippen LogP contribution is -2.51. The maximum absolute atomic E-state index is 13.3. The first-order chi connectivity index (χ1) is 20.6. The zero-order valence-corrected chi connectivity index (χ0v) is 24.2. The van der Waals surface area contributed by atoms with Gasteiger partial charge in [-0.1, -0.05) is 12.1 Å². The first-order valence-corrected chi connectivity index (χ1v) is 15.4. The molecule has 10 nitrogen and oxygen atoms in total. The zero-order chi connectivity index (χ0) is 28.5. The second kappa shape index (κ2) is 12.0. The Morgan fingerprint density at radius 3 is 1.33 bits per heavy atom. The number of amides is 2. The average molecular weight is 577 g/mol. The second-order valence-electron chi connectivity index (χ2n) is 12.1. The molecule has 0 radical (unpaired) electrons. The Hall–Kier alpha value is -3.50. The van der Waals surface area contributed by atoms with Gasteiger partial charge < -0.3 is 28.7 Å². The Balaban J connectivity index is 0.823. The number of fused-ring (bicyclic) bond motifs is 2. The lowest BCUT2D eigenvalue weighted by molar-refractivity contribution is -0.143. The fraction of sp³-hybridized carbons (Fsp3) is 0.562. The molecule has 2 aromatic rings. The van der Waals surface area contributed by atoms with Gasteiger partial charge in [0.05, 0.1) is 0 Å². The number of hydrogen-bond donors (Lipinski definition) is 0. The van der Waals surface area contributed by atoms with Gasteiger partial charge in [-0.15, -0.1) is 0 Å². The van der Waals surface area contributed by atoms with Crippen LogP contribution in [0.15, 0.2) is 36.4 Å². The Bertz CT molecular complexity index is 1200. The first-order valence-electron chi connectivity index (χ1n) is 15.4. The fourth-order valence-electron chi connectivity index (χ4n) is 6.95. The monoisotopic (exact) mass is 576 g/mol. The summed E-state index contributed by atoms with van der Waals surface area (Å²) in [5, 5.41) is 0. The predicted octanol–water partition coefficient (Wildman–Crippen LogP) is 2.94. The SMILES string of the molecule is O=C(C1CCC(C(=O)N2CCN(Cc3ccc4c(c3)OCO4)CC2)CC1)N1CCN(Cc2ccc3c(c2)OCO3)CC1. The van der Waals surface area contributed by atoms with Crippen LogP contribution in [0.5, 0.6) is 23.0 Å². The third-order valence-electron chi connectivity index (χ3n) is 9.48. The lowest BCUT2D eigenvalue weighted by atomic mass is 9.80. The van der Waals surface area contributed by atoms with Crippen molar-refractivity contribution < 1.29 is 28.5 Å². The molecule has 5 aliphatic rings. The highest BCUT2D eigenvalue weighted by Gasteiger charge is 2.35. The molecule has 7 rings (SSSR count). The van der Waals surface area contributed by atoms with E-state index in [1.807, 2.05) is 21.9 Å².